The van der Waals surface area contributed by atoms with Crippen molar-refractivity contribution in [2.24, 2.45) is 0 Å². The number of hydrogen-bond acceptors (Lipinski definition) is 8. The summed E-state index contributed by atoms with van der Waals surface area (Å²) < 4.78 is 23.9. The molecule has 11 heteroatoms. The van der Waals surface area contributed by atoms with Gasteiger partial charge in [-0.05, 0) is 25.7 Å². The monoisotopic (exact) mass is 826 g/mol. The van der Waals surface area contributed by atoms with Gasteiger partial charge in [-0.15, -0.1) is 45.5 Å². The summed E-state index contributed by atoms with van der Waals surface area (Å²) in [6.07, 6.45) is 34.9. The summed E-state index contributed by atoms with van der Waals surface area (Å²) >= 11 is 4.74. The molecule has 0 unspecified atom stereocenters. The summed E-state index contributed by atoms with van der Waals surface area (Å²) in [5, 5.41) is 0. The average molecular weight is 829 g/mol. The zero-order valence-electron chi connectivity index (χ0n) is 31.5. The van der Waals surface area contributed by atoms with E-state index >= 15 is 0 Å². The molecule has 0 bridgehead atoms. The first-order valence-electron chi connectivity index (χ1n) is 19.4. The quantitative estimate of drug-likeness (QED) is 0.0351. The molecule has 0 amide bonds. The second-order valence-corrected chi connectivity index (χ2v) is 27.4. The molecule has 0 N–H and O–H groups in total. The molecule has 0 heterocycles. The molecule has 47 heavy (non-hydrogen) atoms. The Balaban J connectivity index is -0.000000807. The van der Waals surface area contributed by atoms with Crippen LogP contribution in [0.5, 0.6) is 0 Å². The molecule has 0 saturated heterocycles. The van der Waals surface area contributed by atoms with Crippen LogP contribution in [0.4, 0.5) is 0 Å². The van der Waals surface area contributed by atoms with Gasteiger partial charge in [0.2, 0.25) is 0 Å². The van der Waals surface area contributed by atoms with E-state index in [4.69, 9.17) is 0 Å². The van der Waals surface area contributed by atoms with Crippen molar-refractivity contribution in [1.29, 1.82) is 0 Å². The second-order valence-electron chi connectivity index (χ2n) is 12.7. The molecule has 0 radical (unpaired) electrons. The zero-order valence-corrected chi connectivity index (χ0v) is 39.5. The normalized spacial score (nSPS) is 11.7. The first-order valence-corrected chi connectivity index (χ1v) is 29.1. The van der Waals surface area contributed by atoms with Crippen molar-refractivity contribution in [2.45, 2.75) is 207 Å². The number of unbranched alkanes of at least 4 members (excludes halogenated alkanes) is 24. The minimum Gasteiger partial charge on any atom is -0.784 e. The van der Waals surface area contributed by atoms with Crippen molar-refractivity contribution < 1.29 is 38.4 Å². The Labute approximate surface area is 323 Å². The molecule has 0 aliphatic heterocycles. The summed E-state index contributed by atoms with van der Waals surface area (Å²) in [6.45, 7) is 8.91. The molecule has 0 aromatic rings. The number of rotatable bonds is 36. The fraction of sp³-hybridized carbons (Fsp3) is 1.00. The maximum atomic E-state index is 11.9. The SMILES string of the molecule is CCCCCCCCCSP(=O)([O-])SCCCCCCCCC.CCCCCCCCCSP(=O)([O-])SCCCCCCCCC.[Zn+2]. The molecule has 0 spiro atoms. The van der Waals surface area contributed by atoms with E-state index in [1.54, 1.807) is 0 Å². The molecule has 0 fully saturated rings. The van der Waals surface area contributed by atoms with Crippen LogP contribution in [-0.4, -0.2) is 23.0 Å². The topological polar surface area (TPSA) is 80.3 Å². The van der Waals surface area contributed by atoms with Gasteiger partial charge in [-0.25, -0.2) is 0 Å². The Morgan fingerprint density at radius 1 is 0.319 bits per heavy atom. The molecule has 0 rings (SSSR count). The van der Waals surface area contributed by atoms with Gasteiger partial charge in [0.05, 0.1) is 0 Å². The van der Waals surface area contributed by atoms with Gasteiger partial charge >= 0.3 is 19.5 Å². The van der Waals surface area contributed by atoms with E-state index in [2.05, 4.69) is 27.7 Å². The molecule has 0 atom stereocenters. The first kappa shape index (κ1) is 53.8. The summed E-state index contributed by atoms with van der Waals surface area (Å²) in [4.78, 5) is 23.9. The Bertz CT molecular complexity index is 591. The van der Waals surface area contributed by atoms with Gasteiger partial charge in [-0.1, -0.05) is 182 Å². The van der Waals surface area contributed by atoms with E-state index < -0.39 is 11.5 Å². The fourth-order valence-electron chi connectivity index (χ4n) is 5.02. The van der Waals surface area contributed by atoms with Gasteiger partial charge in [0.15, 0.2) is 0 Å². The predicted molar refractivity (Wildman–Crippen MR) is 217 cm³/mol. The van der Waals surface area contributed by atoms with Gasteiger partial charge < -0.3 is 18.9 Å². The predicted octanol–water partition coefficient (Wildman–Crippen LogP) is 14.8. The van der Waals surface area contributed by atoms with Crippen LogP contribution in [0.15, 0.2) is 0 Å². The van der Waals surface area contributed by atoms with Crippen molar-refractivity contribution in [3.05, 3.63) is 0 Å². The Morgan fingerprint density at radius 2 is 0.468 bits per heavy atom. The molecular weight excluding hydrogens is 752 g/mol. The third kappa shape index (κ3) is 48.4. The van der Waals surface area contributed by atoms with Crippen LogP contribution >= 0.6 is 57.1 Å². The second kappa shape index (κ2) is 42.8. The zero-order chi connectivity index (χ0) is 34.5. The summed E-state index contributed by atoms with van der Waals surface area (Å²) in [5.74, 6) is -3.38. The molecule has 0 aromatic heterocycles. The van der Waals surface area contributed by atoms with Gasteiger partial charge in [-0.3, -0.25) is 0 Å². The number of hydrogen-bond donors (Lipinski definition) is 0. The molecule has 280 valence electrons. The van der Waals surface area contributed by atoms with Gasteiger partial charge in [-0.2, -0.15) is 0 Å². The van der Waals surface area contributed by atoms with Crippen LogP contribution in [0.1, 0.15) is 207 Å². The molecule has 0 aromatic carbocycles. The molecule has 4 nitrogen and oxygen atoms in total. The van der Waals surface area contributed by atoms with Crippen molar-refractivity contribution in [2.75, 3.05) is 23.0 Å². The van der Waals surface area contributed by atoms with Gasteiger partial charge in [0.1, 0.15) is 11.5 Å². The molecular formula is C36H76O4P2S4Zn. The van der Waals surface area contributed by atoms with Crippen LogP contribution in [-0.2, 0) is 28.6 Å². The van der Waals surface area contributed by atoms with E-state index in [-0.39, 0.29) is 19.5 Å². The van der Waals surface area contributed by atoms with Crippen LogP contribution in [0, 0.1) is 0 Å². The molecule has 0 aliphatic rings. The summed E-state index contributed by atoms with van der Waals surface area (Å²) in [6, 6.07) is 0. The average Bonchev–Trinajstić information content (AvgIpc) is 3.02. The van der Waals surface area contributed by atoms with Crippen LogP contribution in [0.3, 0.4) is 0 Å². The van der Waals surface area contributed by atoms with E-state index in [0.717, 1.165) is 48.7 Å². The Kier molecular flexibility index (Phi) is 49.0. The largest absolute Gasteiger partial charge is 2.00 e. The van der Waals surface area contributed by atoms with E-state index in [0.29, 0.717) is 0 Å². The Hall–Kier alpha value is 2.40. The fourth-order valence-corrected chi connectivity index (χ4v) is 16.1. The smallest absolute Gasteiger partial charge is 0.784 e. The van der Waals surface area contributed by atoms with Crippen molar-refractivity contribution >= 4 is 57.1 Å². The first-order chi connectivity index (χ1) is 22.2. The van der Waals surface area contributed by atoms with Crippen molar-refractivity contribution in [3.8, 4) is 0 Å². The van der Waals surface area contributed by atoms with Gasteiger partial charge in [0, 0.05) is 23.0 Å². The Morgan fingerprint density at radius 3 is 0.638 bits per heavy atom. The van der Waals surface area contributed by atoms with Crippen LogP contribution in [0.25, 0.3) is 0 Å². The minimum atomic E-state index is -3.24. The third-order valence-corrected chi connectivity index (χ3v) is 20.9. The summed E-state index contributed by atoms with van der Waals surface area (Å²) in [7, 11) is 0. The standard InChI is InChI=1S/2C18H39O2PS2.Zn/c2*1-3-5-7-9-11-13-15-17-22-21(19,20)23-18-16-14-12-10-8-6-4-2;/h2*3-18H2,1-2H3,(H,19,20);/q;;+2/p-2. The molecule has 0 aliphatic carbocycles. The van der Waals surface area contributed by atoms with E-state index in [9.17, 15) is 18.9 Å². The van der Waals surface area contributed by atoms with Gasteiger partial charge in [0.25, 0.3) is 0 Å². The van der Waals surface area contributed by atoms with E-state index in [1.807, 2.05) is 0 Å². The minimum absolute atomic E-state index is 0. The summed E-state index contributed by atoms with van der Waals surface area (Å²) in [5.41, 5.74) is 0. The van der Waals surface area contributed by atoms with Crippen molar-refractivity contribution in [1.82, 2.24) is 0 Å². The maximum Gasteiger partial charge on any atom is 2.00 e. The molecule has 0 saturated carbocycles. The van der Waals surface area contributed by atoms with Crippen LogP contribution < -0.4 is 9.79 Å². The van der Waals surface area contributed by atoms with E-state index in [1.165, 1.54) is 200 Å². The third-order valence-electron chi connectivity index (χ3n) is 7.99. The maximum absolute atomic E-state index is 11.9. The van der Waals surface area contributed by atoms with Crippen LogP contribution in [0.2, 0.25) is 0 Å². The van der Waals surface area contributed by atoms with Crippen molar-refractivity contribution in [3.63, 3.8) is 0 Å².